The maximum absolute atomic E-state index is 13.7. The number of rotatable bonds is 6. The van der Waals surface area contributed by atoms with E-state index in [0.29, 0.717) is 12.8 Å². The summed E-state index contributed by atoms with van der Waals surface area (Å²) < 4.78 is 54.1. The Morgan fingerprint density at radius 3 is 2.34 bits per heavy atom. The Balaban J connectivity index is 1.39. The summed E-state index contributed by atoms with van der Waals surface area (Å²) in [6.45, 7) is 0. The van der Waals surface area contributed by atoms with E-state index in [1.165, 1.54) is 30.6 Å². The average molecular weight is 564 g/mol. The van der Waals surface area contributed by atoms with E-state index in [1.54, 1.807) is 6.07 Å². The molecule has 8 nitrogen and oxygen atoms in total. The van der Waals surface area contributed by atoms with E-state index >= 15 is 0 Å². The minimum Gasteiger partial charge on any atom is -0.386 e. The van der Waals surface area contributed by atoms with Crippen LogP contribution in [0.3, 0.4) is 0 Å². The van der Waals surface area contributed by atoms with Crippen molar-refractivity contribution in [3.63, 3.8) is 0 Å². The van der Waals surface area contributed by atoms with Crippen molar-refractivity contribution in [3.8, 4) is 0 Å². The number of carbonyl (C=O) groups excluding carboxylic acids is 1. The highest BCUT2D eigenvalue weighted by Crippen LogP contribution is 2.56. The van der Waals surface area contributed by atoms with Crippen molar-refractivity contribution in [1.82, 2.24) is 9.97 Å². The molecule has 3 N–H and O–H groups in total. The molecule has 1 heterocycles. The van der Waals surface area contributed by atoms with Crippen molar-refractivity contribution < 1.29 is 32.2 Å². The van der Waals surface area contributed by atoms with Crippen LogP contribution in [-0.4, -0.2) is 45.4 Å². The lowest BCUT2D eigenvalue weighted by Crippen LogP contribution is -2.52. The van der Waals surface area contributed by atoms with Gasteiger partial charge in [0.05, 0.1) is 15.2 Å². The van der Waals surface area contributed by atoms with Crippen LogP contribution in [0.1, 0.15) is 48.0 Å². The van der Waals surface area contributed by atoms with E-state index in [4.69, 9.17) is 11.6 Å². The lowest BCUT2D eigenvalue weighted by atomic mass is 9.71. The smallest absolute Gasteiger partial charge is 0.255 e. The summed E-state index contributed by atoms with van der Waals surface area (Å²) in [6, 6.07) is 8.22. The molecule has 0 aliphatic heterocycles. The number of anilines is 1. The molecule has 200 valence electrons. The van der Waals surface area contributed by atoms with E-state index in [9.17, 15) is 32.2 Å². The van der Waals surface area contributed by atoms with Gasteiger partial charge in [0.2, 0.25) is 0 Å². The predicted molar refractivity (Wildman–Crippen MR) is 134 cm³/mol. The van der Waals surface area contributed by atoms with Gasteiger partial charge in [0.15, 0.2) is 27.3 Å². The fraction of sp³-hybridized carbons (Fsp3) is 0.346. The van der Waals surface area contributed by atoms with E-state index in [2.05, 4.69) is 15.3 Å². The Morgan fingerprint density at radius 1 is 1.05 bits per heavy atom. The highest BCUT2D eigenvalue weighted by molar-refractivity contribution is 7.92. The normalized spacial score (nSPS) is 25.7. The van der Waals surface area contributed by atoms with Gasteiger partial charge in [-0.1, -0.05) is 11.6 Å². The number of fused-ring (bicyclic) bond motifs is 2. The van der Waals surface area contributed by atoms with Gasteiger partial charge in [0.1, 0.15) is 11.7 Å². The molecule has 38 heavy (non-hydrogen) atoms. The molecule has 0 radical (unpaired) electrons. The third-order valence-electron chi connectivity index (χ3n) is 7.65. The van der Waals surface area contributed by atoms with Crippen molar-refractivity contribution in [2.24, 2.45) is 11.8 Å². The third-order valence-corrected chi connectivity index (χ3v) is 10.3. The van der Waals surface area contributed by atoms with E-state index in [1.807, 2.05) is 0 Å². The van der Waals surface area contributed by atoms with Crippen LogP contribution in [0.5, 0.6) is 0 Å². The van der Waals surface area contributed by atoms with Crippen molar-refractivity contribution in [2.75, 3.05) is 5.32 Å². The fourth-order valence-electron chi connectivity index (χ4n) is 5.72. The molecule has 0 spiro atoms. The number of nitrogens with zero attached hydrogens (tertiary/aromatic N) is 2. The summed E-state index contributed by atoms with van der Waals surface area (Å²) in [6.07, 6.45) is 2.79. The molecule has 0 saturated heterocycles. The molecule has 12 heteroatoms. The molecule has 5 rings (SSSR count). The predicted octanol–water partition coefficient (Wildman–Crippen LogP) is 4.09. The summed E-state index contributed by atoms with van der Waals surface area (Å²) in [7, 11) is -4.05. The first-order valence-electron chi connectivity index (χ1n) is 12.0. The van der Waals surface area contributed by atoms with Crippen molar-refractivity contribution in [3.05, 3.63) is 82.9 Å². The van der Waals surface area contributed by atoms with Gasteiger partial charge < -0.3 is 15.5 Å². The second kappa shape index (κ2) is 9.96. The summed E-state index contributed by atoms with van der Waals surface area (Å²) in [5, 5.41) is 23.9. The molecule has 2 aromatic carbocycles. The molecular weight excluding hydrogens is 540 g/mol. The van der Waals surface area contributed by atoms with Crippen LogP contribution in [0.15, 0.2) is 59.8 Å². The molecule has 2 aliphatic rings. The van der Waals surface area contributed by atoms with Crippen LogP contribution in [-0.2, 0) is 9.84 Å². The zero-order valence-corrected chi connectivity index (χ0v) is 21.5. The minimum absolute atomic E-state index is 0.00245. The van der Waals surface area contributed by atoms with Crippen molar-refractivity contribution >= 4 is 33.0 Å². The summed E-state index contributed by atoms with van der Waals surface area (Å²) >= 11 is 6.27. The Bertz CT molecular complexity index is 1480. The summed E-state index contributed by atoms with van der Waals surface area (Å²) in [4.78, 5) is 20.6. The van der Waals surface area contributed by atoms with Gasteiger partial charge in [0, 0.05) is 29.7 Å². The largest absolute Gasteiger partial charge is 0.386 e. The number of nitrogens with one attached hydrogen (secondary N) is 1. The second-order valence-electron chi connectivity index (χ2n) is 9.73. The Hall–Kier alpha value is -2.99. The first-order chi connectivity index (χ1) is 18.0. The number of aromatic nitrogens is 2. The number of hydrogen-bond acceptors (Lipinski definition) is 7. The zero-order chi connectivity index (χ0) is 27.2. The number of hydrogen-bond donors (Lipinski definition) is 3. The van der Waals surface area contributed by atoms with Gasteiger partial charge in [-0.3, -0.25) is 4.79 Å². The van der Waals surface area contributed by atoms with Crippen LogP contribution in [0, 0.1) is 23.5 Å². The molecule has 2 bridgehead atoms. The standard InChI is InChI=1S/C26H24ClF2N3O5S/c27-19-6-2-14(25(34)32-17-5-7-20(28)21(29)13-17)10-22(19)38(36,37)18-11-15-3-4-16(12-18)26(15,35)23(33)24-30-8-1-9-31-24/h1-2,5-10,13,15-16,18,23,33,35H,3-4,11-12H2,(H,32,34). The lowest BCUT2D eigenvalue weighted by Gasteiger charge is -2.44. The summed E-state index contributed by atoms with van der Waals surface area (Å²) in [5.41, 5.74) is -1.61. The topological polar surface area (TPSA) is 129 Å². The first kappa shape index (κ1) is 26.6. The molecule has 2 fully saturated rings. The minimum atomic E-state index is -4.05. The number of amides is 1. The van der Waals surface area contributed by atoms with Crippen LogP contribution in [0.25, 0.3) is 0 Å². The quantitative estimate of drug-likeness (QED) is 0.412. The van der Waals surface area contributed by atoms with Gasteiger partial charge >= 0.3 is 0 Å². The molecule has 1 aromatic heterocycles. The lowest BCUT2D eigenvalue weighted by molar-refractivity contribution is -0.147. The molecule has 1 amide bonds. The molecule has 3 unspecified atom stereocenters. The highest BCUT2D eigenvalue weighted by Gasteiger charge is 2.60. The van der Waals surface area contributed by atoms with E-state index in [0.717, 1.165) is 18.2 Å². The van der Waals surface area contributed by atoms with Crippen molar-refractivity contribution in [1.29, 1.82) is 0 Å². The first-order valence-corrected chi connectivity index (χ1v) is 13.9. The Labute approximate surface area is 222 Å². The Kier molecular flexibility index (Phi) is 6.97. The molecular formula is C26H24ClF2N3O5S. The maximum atomic E-state index is 13.7. The van der Waals surface area contributed by atoms with Gasteiger partial charge in [0.25, 0.3) is 5.91 Å². The molecule has 2 aliphatic carbocycles. The van der Waals surface area contributed by atoms with Crippen LogP contribution in [0.2, 0.25) is 5.02 Å². The maximum Gasteiger partial charge on any atom is 0.255 e. The number of sulfone groups is 1. The van der Waals surface area contributed by atoms with Crippen LogP contribution >= 0.6 is 11.6 Å². The number of aliphatic hydroxyl groups excluding tert-OH is 1. The molecule has 3 atom stereocenters. The summed E-state index contributed by atoms with van der Waals surface area (Å²) in [5.74, 6) is -3.89. The number of aliphatic hydroxyl groups is 2. The highest BCUT2D eigenvalue weighted by atomic mass is 35.5. The molecule has 3 aromatic rings. The van der Waals surface area contributed by atoms with Crippen LogP contribution < -0.4 is 5.32 Å². The molecule has 2 saturated carbocycles. The number of carbonyl (C=O) groups is 1. The van der Waals surface area contributed by atoms with Gasteiger partial charge in [-0.05, 0) is 73.9 Å². The number of halogens is 3. The number of benzene rings is 2. The van der Waals surface area contributed by atoms with Gasteiger partial charge in [-0.25, -0.2) is 27.2 Å². The SMILES string of the molecule is O=C(Nc1ccc(F)c(F)c1)c1ccc(Cl)c(S(=O)(=O)C2CC3CCC(C2)C3(O)C(O)c2ncccn2)c1. The average Bonchev–Trinajstić information content (AvgIpc) is 3.06. The van der Waals surface area contributed by atoms with Gasteiger partial charge in [-0.15, -0.1) is 0 Å². The van der Waals surface area contributed by atoms with Crippen molar-refractivity contribution in [2.45, 2.75) is 47.5 Å². The second-order valence-corrected chi connectivity index (χ2v) is 12.3. The van der Waals surface area contributed by atoms with Crippen LogP contribution in [0.4, 0.5) is 14.5 Å². The third kappa shape index (κ3) is 4.57. The van der Waals surface area contributed by atoms with E-state index in [-0.39, 0.29) is 39.8 Å². The fourth-order valence-corrected chi connectivity index (χ4v) is 8.12. The van der Waals surface area contributed by atoms with E-state index < -0.39 is 56.2 Å². The van der Waals surface area contributed by atoms with Gasteiger partial charge in [-0.2, -0.15) is 0 Å². The Morgan fingerprint density at radius 2 is 1.71 bits per heavy atom. The monoisotopic (exact) mass is 563 g/mol. The zero-order valence-electron chi connectivity index (χ0n) is 19.9.